The molecule has 0 amide bonds. The summed E-state index contributed by atoms with van der Waals surface area (Å²) >= 11 is 0. The Balaban J connectivity index is 1.56. The fourth-order valence-corrected chi connectivity index (χ4v) is 4.34. The van der Waals surface area contributed by atoms with Gasteiger partial charge < -0.3 is 9.15 Å². The van der Waals surface area contributed by atoms with Crippen LogP contribution in [0.1, 0.15) is 27.9 Å². The van der Waals surface area contributed by atoms with Gasteiger partial charge in [-0.25, -0.2) is 13.8 Å². The summed E-state index contributed by atoms with van der Waals surface area (Å²) in [6.45, 7) is -0.0841. The van der Waals surface area contributed by atoms with Crippen molar-refractivity contribution in [2.75, 3.05) is 7.11 Å². The molecule has 208 valence electrons. The maximum Gasteiger partial charge on any atom is 0.357 e. The van der Waals surface area contributed by atoms with Gasteiger partial charge in [-0.05, 0) is 42.0 Å². The molecule has 0 bridgehead atoms. The van der Waals surface area contributed by atoms with E-state index in [-0.39, 0.29) is 31.1 Å². The lowest BCUT2D eigenvalue weighted by Crippen LogP contribution is -2.42. The van der Waals surface area contributed by atoms with E-state index >= 15 is 0 Å². The van der Waals surface area contributed by atoms with Crippen LogP contribution in [0.3, 0.4) is 0 Å². The molecule has 0 N–H and O–H groups in total. The van der Waals surface area contributed by atoms with Gasteiger partial charge in [0, 0.05) is 22.9 Å². The number of rotatable bonds is 10. The summed E-state index contributed by atoms with van der Waals surface area (Å²) in [5.41, 5.74) is -0.572. The molecule has 11 nitrogen and oxygen atoms in total. The molecule has 0 fully saturated rings. The van der Waals surface area contributed by atoms with Crippen LogP contribution < -0.4 is 16.0 Å². The molecule has 0 radical (unpaired) electrons. The molecule has 2 aromatic carbocycles. The summed E-state index contributed by atoms with van der Waals surface area (Å²) in [5.74, 6) is 0.219. The van der Waals surface area contributed by atoms with Crippen molar-refractivity contribution in [2.45, 2.75) is 19.6 Å². The predicted octanol–water partition coefficient (Wildman–Crippen LogP) is 4.17. The van der Waals surface area contributed by atoms with Crippen LogP contribution >= 0.6 is 0 Å². The summed E-state index contributed by atoms with van der Waals surface area (Å²) in [6.07, 6.45) is 8.79. The van der Waals surface area contributed by atoms with E-state index in [1.165, 1.54) is 48.7 Å². The van der Waals surface area contributed by atoms with Gasteiger partial charge in [0.2, 0.25) is 0 Å². The van der Waals surface area contributed by atoms with E-state index < -0.39 is 21.9 Å². The lowest BCUT2D eigenvalue weighted by molar-refractivity contribution is -0.387. The Morgan fingerprint density at radius 3 is 2.44 bits per heavy atom. The number of halogens is 1. The van der Waals surface area contributed by atoms with Gasteiger partial charge in [0.15, 0.2) is 0 Å². The summed E-state index contributed by atoms with van der Waals surface area (Å²) < 4.78 is 27.8. The highest BCUT2D eigenvalue weighted by molar-refractivity contribution is 5.71. The first-order chi connectivity index (χ1) is 19.8. The summed E-state index contributed by atoms with van der Waals surface area (Å²) in [7, 11) is 1.51. The van der Waals surface area contributed by atoms with Gasteiger partial charge >= 0.3 is 16.9 Å². The van der Waals surface area contributed by atoms with E-state index in [9.17, 15) is 24.1 Å². The van der Waals surface area contributed by atoms with Crippen molar-refractivity contribution in [1.29, 1.82) is 0 Å². The second-order valence-electron chi connectivity index (χ2n) is 9.13. The number of hydrogen-bond donors (Lipinski definition) is 0. The lowest BCUT2D eigenvalue weighted by Gasteiger charge is -2.14. The van der Waals surface area contributed by atoms with Gasteiger partial charge in [-0.1, -0.05) is 30.3 Å². The predicted molar refractivity (Wildman–Crippen MR) is 148 cm³/mol. The Bertz CT molecular complexity index is 1840. The van der Waals surface area contributed by atoms with Gasteiger partial charge in [0.05, 0.1) is 50.4 Å². The van der Waals surface area contributed by atoms with Crippen molar-refractivity contribution >= 4 is 17.8 Å². The number of hydrogen-bond acceptors (Lipinski definition) is 7. The van der Waals surface area contributed by atoms with E-state index in [0.717, 1.165) is 9.13 Å². The van der Waals surface area contributed by atoms with Gasteiger partial charge in [0.25, 0.3) is 0 Å². The fraction of sp³-hybridized carbons (Fsp3) is 0.138. The molecule has 5 aromatic rings. The van der Waals surface area contributed by atoms with E-state index in [0.29, 0.717) is 28.0 Å². The molecule has 0 atom stereocenters. The number of nitro groups is 1. The average molecular weight is 558 g/mol. The van der Waals surface area contributed by atoms with Gasteiger partial charge in [-0.15, -0.1) is 0 Å². The molecule has 12 heteroatoms. The highest BCUT2D eigenvalue weighted by atomic mass is 19.1. The maximum absolute atomic E-state index is 14.1. The normalized spacial score (nSPS) is 11.3. The number of nitrogens with zero attached hydrogens (tertiary/aromatic N) is 5. The van der Waals surface area contributed by atoms with E-state index in [2.05, 4.69) is 5.10 Å². The third kappa shape index (κ3) is 5.91. The quantitative estimate of drug-likeness (QED) is 0.186. The molecule has 3 heterocycles. The van der Waals surface area contributed by atoms with Crippen molar-refractivity contribution in [3.05, 3.63) is 144 Å². The largest absolute Gasteiger partial charge is 0.497 e. The minimum Gasteiger partial charge on any atom is -0.497 e. The zero-order chi connectivity index (χ0) is 28.9. The van der Waals surface area contributed by atoms with Gasteiger partial charge in [-0.3, -0.25) is 24.2 Å². The molecule has 5 rings (SSSR count). The van der Waals surface area contributed by atoms with Crippen LogP contribution in [0.25, 0.3) is 12.2 Å². The fourth-order valence-electron chi connectivity index (χ4n) is 4.34. The number of aromatic nitrogens is 4. The Kier molecular flexibility index (Phi) is 7.72. The molecule has 0 saturated heterocycles. The molecule has 0 saturated carbocycles. The Morgan fingerprint density at radius 2 is 1.76 bits per heavy atom. The van der Waals surface area contributed by atoms with Crippen LogP contribution in [0.5, 0.6) is 5.75 Å². The van der Waals surface area contributed by atoms with Gasteiger partial charge in [-0.2, -0.15) is 5.10 Å². The Hall–Kier alpha value is -5.52. The number of methoxy groups -OCH3 is 1. The Morgan fingerprint density at radius 1 is 1.00 bits per heavy atom. The molecule has 0 aliphatic carbocycles. The highest BCUT2D eigenvalue weighted by Gasteiger charge is 2.27. The average Bonchev–Trinajstić information content (AvgIpc) is 3.65. The third-order valence-electron chi connectivity index (χ3n) is 6.42. The number of ether oxygens (including phenoxy) is 1. The monoisotopic (exact) mass is 557 g/mol. The summed E-state index contributed by atoms with van der Waals surface area (Å²) in [4.78, 5) is 38.4. The van der Waals surface area contributed by atoms with Crippen molar-refractivity contribution in [3.8, 4) is 5.75 Å². The summed E-state index contributed by atoms with van der Waals surface area (Å²) in [6, 6.07) is 14.6. The van der Waals surface area contributed by atoms with Crippen LogP contribution in [-0.4, -0.2) is 30.9 Å². The van der Waals surface area contributed by atoms with Crippen LogP contribution in [-0.2, 0) is 19.6 Å². The van der Waals surface area contributed by atoms with Crippen LogP contribution in [0.2, 0.25) is 0 Å². The van der Waals surface area contributed by atoms with Crippen molar-refractivity contribution in [3.63, 3.8) is 0 Å². The molecular weight excluding hydrogens is 533 g/mol. The first kappa shape index (κ1) is 27.1. The Labute approximate surface area is 232 Å². The minimum absolute atomic E-state index is 0.0781. The van der Waals surface area contributed by atoms with E-state index in [1.807, 2.05) is 0 Å². The second kappa shape index (κ2) is 11.7. The molecule has 3 aromatic heterocycles. The first-order valence-corrected chi connectivity index (χ1v) is 12.4. The van der Waals surface area contributed by atoms with Crippen molar-refractivity contribution < 1.29 is 18.5 Å². The third-order valence-corrected chi connectivity index (χ3v) is 6.42. The number of furan rings is 1. The van der Waals surface area contributed by atoms with E-state index in [4.69, 9.17) is 9.15 Å². The van der Waals surface area contributed by atoms with Crippen LogP contribution in [0.15, 0.2) is 93.5 Å². The summed E-state index contributed by atoms with van der Waals surface area (Å²) in [5, 5.41) is 16.4. The zero-order valence-electron chi connectivity index (χ0n) is 21.8. The molecule has 0 unspecified atom stereocenters. The SMILES string of the molecule is COc1ccc(Cn2c(=O)c([N+](=O)[O-])c(/C=C/c3cnn(Cc4ccccc4F)c3)n(Cc3ccoc3)c2=O)cc1. The topological polar surface area (TPSA) is 127 Å². The van der Waals surface area contributed by atoms with Crippen LogP contribution in [0.4, 0.5) is 10.1 Å². The highest BCUT2D eigenvalue weighted by Crippen LogP contribution is 2.19. The molecule has 0 aliphatic heterocycles. The standard InChI is InChI=1S/C29H24FN5O6/c1-40-24-9-6-20(7-10-24)16-34-28(36)27(35(38)39)26(33(29(34)37)17-22-12-13-41-19-22)11-8-21-14-31-32(15-21)18-23-4-2-3-5-25(23)30/h2-15,19H,16-18H2,1H3/b11-8+. The number of benzene rings is 2. The van der Waals surface area contributed by atoms with Crippen molar-refractivity contribution in [2.24, 2.45) is 0 Å². The van der Waals surface area contributed by atoms with Crippen LogP contribution in [0, 0.1) is 15.9 Å². The first-order valence-electron chi connectivity index (χ1n) is 12.4. The minimum atomic E-state index is -1.03. The zero-order valence-corrected chi connectivity index (χ0v) is 21.8. The maximum atomic E-state index is 14.1. The lowest BCUT2D eigenvalue weighted by atomic mass is 10.2. The van der Waals surface area contributed by atoms with Gasteiger partial charge in [0.1, 0.15) is 17.3 Å². The van der Waals surface area contributed by atoms with E-state index in [1.54, 1.807) is 54.7 Å². The smallest absolute Gasteiger partial charge is 0.357 e. The van der Waals surface area contributed by atoms with Crippen molar-refractivity contribution in [1.82, 2.24) is 18.9 Å². The second-order valence-corrected chi connectivity index (χ2v) is 9.13. The molecule has 0 aliphatic rings. The molecule has 0 spiro atoms. The molecular formula is C29H24FN5O6. The molecule has 41 heavy (non-hydrogen) atoms.